The van der Waals surface area contributed by atoms with Crippen molar-refractivity contribution in [1.82, 2.24) is 9.88 Å². The molecular weight excluding hydrogens is 471 g/mol. The SMILES string of the molecule is CN(CC(F)(F)F)[C@H]1CC[C@H](C(=O)N2Cc3cccnc3Nc3ccc(N4CCOCC4)cc32)CC1. The van der Waals surface area contributed by atoms with Crippen molar-refractivity contribution in [1.29, 1.82) is 0 Å². The molecule has 2 aliphatic heterocycles. The number of aromatic nitrogens is 1. The molecule has 7 nitrogen and oxygen atoms in total. The van der Waals surface area contributed by atoms with Gasteiger partial charge in [0.1, 0.15) is 5.82 Å². The van der Waals surface area contributed by atoms with Crippen molar-refractivity contribution in [3.63, 3.8) is 0 Å². The van der Waals surface area contributed by atoms with Crippen LogP contribution in [0, 0.1) is 5.92 Å². The summed E-state index contributed by atoms with van der Waals surface area (Å²) in [5.41, 5.74) is 3.58. The van der Waals surface area contributed by atoms with E-state index in [1.54, 1.807) is 6.20 Å². The zero-order valence-electron chi connectivity index (χ0n) is 20.4. The Hall–Kier alpha value is -2.85. The van der Waals surface area contributed by atoms with Crippen LogP contribution < -0.4 is 15.1 Å². The van der Waals surface area contributed by atoms with Gasteiger partial charge in [-0.15, -0.1) is 0 Å². The van der Waals surface area contributed by atoms with E-state index in [1.165, 1.54) is 11.9 Å². The highest BCUT2D eigenvalue weighted by atomic mass is 19.4. The van der Waals surface area contributed by atoms with Gasteiger partial charge in [0, 0.05) is 42.5 Å². The molecule has 1 N–H and O–H groups in total. The molecule has 1 aromatic carbocycles. The number of alkyl halides is 3. The van der Waals surface area contributed by atoms with Crippen LogP contribution in [0.1, 0.15) is 31.2 Å². The van der Waals surface area contributed by atoms with Gasteiger partial charge in [0.15, 0.2) is 0 Å². The quantitative estimate of drug-likeness (QED) is 0.660. The van der Waals surface area contributed by atoms with Gasteiger partial charge in [-0.05, 0) is 57.0 Å². The second kappa shape index (κ2) is 10.3. The van der Waals surface area contributed by atoms with E-state index in [9.17, 15) is 18.0 Å². The van der Waals surface area contributed by atoms with Gasteiger partial charge in [-0.3, -0.25) is 9.69 Å². The molecule has 1 amide bonds. The van der Waals surface area contributed by atoms with Crippen LogP contribution in [-0.4, -0.2) is 67.9 Å². The fourth-order valence-corrected chi connectivity index (χ4v) is 5.52. The van der Waals surface area contributed by atoms with Crippen LogP contribution in [0.25, 0.3) is 0 Å². The summed E-state index contributed by atoms with van der Waals surface area (Å²) in [6.07, 6.45) is -0.183. The van der Waals surface area contributed by atoms with E-state index in [0.717, 1.165) is 41.5 Å². The Kier molecular flexibility index (Phi) is 7.07. The number of fused-ring (bicyclic) bond motifs is 2. The minimum absolute atomic E-state index is 0.0193. The number of pyridine rings is 1. The molecule has 3 aliphatic rings. The highest BCUT2D eigenvalue weighted by Gasteiger charge is 2.37. The van der Waals surface area contributed by atoms with Crippen molar-refractivity contribution >= 4 is 28.8 Å². The predicted octanol–water partition coefficient (Wildman–Crippen LogP) is 4.56. The van der Waals surface area contributed by atoms with Gasteiger partial charge < -0.3 is 19.9 Å². The molecule has 2 fully saturated rings. The van der Waals surface area contributed by atoms with E-state index in [4.69, 9.17) is 4.74 Å². The van der Waals surface area contributed by atoms with Crippen molar-refractivity contribution in [2.75, 3.05) is 55.0 Å². The molecule has 1 saturated heterocycles. The number of hydrogen-bond donors (Lipinski definition) is 1. The van der Waals surface area contributed by atoms with Crippen molar-refractivity contribution in [2.24, 2.45) is 5.92 Å². The fraction of sp³-hybridized carbons (Fsp3) is 0.538. The first kappa shape index (κ1) is 24.8. The standard InChI is InChI=1S/C26H32F3N5O2/c1-32(17-26(27,28)29)20-6-4-18(5-7-20)25(35)34-16-19-3-2-10-30-24(19)31-22-9-8-21(15-23(22)34)33-11-13-36-14-12-33/h2-3,8-10,15,18,20H,4-7,11-14,16-17H2,1H3,(H,30,31)/t18-,20-. The number of morpholine rings is 1. The average Bonchev–Trinajstić information content (AvgIpc) is 3.04. The number of halogens is 3. The number of benzene rings is 1. The largest absolute Gasteiger partial charge is 0.401 e. The minimum atomic E-state index is -4.22. The molecule has 3 heterocycles. The summed E-state index contributed by atoms with van der Waals surface area (Å²) < 4.78 is 44.1. The Morgan fingerprint density at radius 2 is 1.92 bits per heavy atom. The van der Waals surface area contributed by atoms with Crippen LogP contribution >= 0.6 is 0 Å². The Morgan fingerprint density at radius 1 is 1.17 bits per heavy atom. The number of ether oxygens (including phenoxy) is 1. The third-order valence-corrected chi connectivity index (χ3v) is 7.49. The lowest BCUT2D eigenvalue weighted by Crippen LogP contribution is -2.43. The van der Waals surface area contributed by atoms with Gasteiger partial charge in [0.25, 0.3) is 0 Å². The summed E-state index contributed by atoms with van der Waals surface area (Å²) in [7, 11) is 1.52. The molecule has 0 spiro atoms. The topological polar surface area (TPSA) is 60.9 Å². The summed E-state index contributed by atoms with van der Waals surface area (Å²) in [6, 6.07) is 9.77. The Labute approximate surface area is 209 Å². The van der Waals surface area contributed by atoms with Gasteiger partial charge >= 0.3 is 6.18 Å². The lowest BCUT2D eigenvalue weighted by molar-refractivity contribution is -0.149. The first-order chi connectivity index (χ1) is 17.3. The first-order valence-corrected chi connectivity index (χ1v) is 12.5. The summed E-state index contributed by atoms with van der Waals surface area (Å²) in [5, 5.41) is 3.40. The summed E-state index contributed by atoms with van der Waals surface area (Å²) in [6.45, 7) is 2.38. The molecule has 2 aromatic rings. The predicted molar refractivity (Wildman–Crippen MR) is 133 cm³/mol. The maximum Gasteiger partial charge on any atom is 0.401 e. The second-order valence-corrected chi connectivity index (χ2v) is 9.90. The van der Waals surface area contributed by atoms with E-state index in [1.807, 2.05) is 23.1 Å². The number of carbonyl (C=O) groups excluding carboxylic acids is 1. The maximum atomic E-state index is 13.9. The zero-order chi connectivity index (χ0) is 25.3. The number of rotatable bonds is 4. The highest BCUT2D eigenvalue weighted by molar-refractivity contribution is 6.00. The Balaban J connectivity index is 1.38. The van der Waals surface area contributed by atoms with Crippen molar-refractivity contribution in [3.05, 3.63) is 42.1 Å². The number of nitrogens with one attached hydrogen (secondary N) is 1. The smallest absolute Gasteiger partial charge is 0.378 e. The Bertz CT molecular complexity index is 1080. The van der Waals surface area contributed by atoms with Gasteiger partial charge in [0.2, 0.25) is 5.91 Å². The number of anilines is 4. The Morgan fingerprint density at radius 3 is 2.64 bits per heavy atom. The number of amides is 1. The molecule has 0 atom stereocenters. The molecule has 0 unspecified atom stereocenters. The van der Waals surface area contributed by atoms with Crippen molar-refractivity contribution < 1.29 is 22.7 Å². The first-order valence-electron chi connectivity index (χ1n) is 12.5. The highest BCUT2D eigenvalue weighted by Crippen LogP contribution is 2.40. The lowest BCUT2D eigenvalue weighted by Gasteiger charge is -2.36. The van der Waals surface area contributed by atoms with Gasteiger partial charge in [-0.1, -0.05) is 6.07 Å². The van der Waals surface area contributed by atoms with Crippen molar-refractivity contribution in [2.45, 2.75) is 44.4 Å². The second-order valence-electron chi connectivity index (χ2n) is 9.90. The van der Waals surface area contributed by atoms with Crippen LogP contribution in [0.2, 0.25) is 0 Å². The van der Waals surface area contributed by atoms with Crippen LogP contribution in [0.15, 0.2) is 36.5 Å². The van der Waals surface area contributed by atoms with Crippen LogP contribution in [-0.2, 0) is 16.1 Å². The van der Waals surface area contributed by atoms with E-state index < -0.39 is 12.7 Å². The molecule has 1 aromatic heterocycles. The summed E-state index contributed by atoms with van der Waals surface area (Å²) in [4.78, 5) is 23.9. The normalized spacial score (nSPS) is 22.5. The van der Waals surface area contributed by atoms with Gasteiger partial charge in [0.05, 0.1) is 37.7 Å². The average molecular weight is 504 g/mol. The molecule has 5 rings (SSSR count). The molecule has 1 aliphatic carbocycles. The number of carbonyl (C=O) groups is 1. The van der Waals surface area contributed by atoms with Crippen LogP contribution in [0.5, 0.6) is 0 Å². The summed E-state index contributed by atoms with van der Waals surface area (Å²) in [5.74, 6) is 0.523. The molecule has 194 valence electrons. The van der Waals surface area contributed by atoms with Crippen LogP contribution in [0.3, 0.4) is 0 Å². The fourth-order valence-electron chi connectivity index (χ4n) is 5.52. The van der Waals surface area contributed by atoms with E-state index >= 15 is 0 Å². The van der Waals surface area contributed by atoms with Gasteiger partial charge in [-0.25, -0.2) is 4.98 Å². The number of nitrogens with zero attached hydrogens (tertiary/aromatic N) is 4. The molecule has 36 heavy (non-hydrogen) atoms. The molecule has 0 radical (unpaired) electrons. The monoisotopic (exact) mass is 503 g/mol. The molecule has 1 saturated carbocycles. The molecular formula is C26H32F3N5O2. The molecule has 10 heteroatoms. The van der Waals surface area contributed by atoms with Crippen LogP contribution in [0.4, 0.5) is 36.1 Å². The third-order valence-electron chi connectivity index (χ3n) is 7.49. The zero-order valence-corrected chi connectivity index (χ0v) is 20.4. The lowest BCUT2D eigenvalue weighted by atomic mass is 9.84. The minimum Gasteiger partial charge on any atom is -0.378 e. The van der Waals surface area contributed by atoms with E-state index in [0.29, 0.717) is 45.4 Å². The molecule has 0 bridgehead atoms. The van der Waals surface area contributed by atoms with E-state index in [-0.39, 0.29) is 17.9 Å². The summed E-state index contributed by atoms with van der Waals surface area (Å²) >= 11 is 0. The van der Waals surface area contributed by atoms with E-state index in [2.05, 4.69) is 27.3 Å². The maximum absolute atomic E-state index is 13.9. The number of hydrogen-bond acceptors (Lipinski definition) is 6. The van der Waals surface area contributed by atoms with Gasteiger partial charge in [-0.2, -0.15) is 13.2 Å². The third kappa shape index (κ3) is 5.44. The van der Waals surface area contributed by atoms with Crippen molar-refractivity contribution in [3.8, 4) is 0 Å².